The highest BCUT2D eigenvalue weighted by atomic mass is 32.2. The highest BCUT2D eigenvalue weighted by Crippen LogP contribution is 2.33. The highest BCUT2D eigenvalue weighted by Gasteiger charge is 2.21. The number of anilines is 2. The fourth-order valence-corrected chi connectivity index (χ4v) is 5.86. The molecule has 0 unspecified atom stereocenters. The van der Waals surface area contributed by atoms with Crippen LogP contribution in [0.4, 0.5) is 11.4 Å². The third-order valence-corrected chi connectivity index (χ3v) is 8.07. The molecule has 0 saturated carbocycles. The van der Waals surface area contributed by atoms with Crippen molar-refractivity contribution in [3.05, 3.63) is 113 Å². The van der Waals surface area contributed by atoms with Crippen molar-refractivity contribution in [2.75, 3.05) is 10.0 Å². The molecule has 7 heteroatoms. The molecule has 4 aromatic carbocycles. The van der Waals surface area contributed by atoms with Gasteiger partial charge < -0.3 is 5.32 Å². The molecule has 5 nitrogen and oxygen atoms in total. The summed E-state index contributed by atoms with van der Waals surface area (Å²) in [6.07, 6.45) is 0. The van der Waals surface area contributed by atoms with Crippen LogP contribution >= 0.6 is 11.8 Å². The molecule has 0 atom stereocenters. The van der Waals surface area contributed by atoms with Gasteiger partial charge in [0.2, 0.25) is 0 Å². The largest absolute Gasteiger partial charge is 0.321 e. The van der Waals surface area contributed by atoms with Gasteiger partial charge >= 0.3 is 0 Å². The Balaban J connectivity index is 1.60. The highest BCUT2D eigenvalue weighted by molar-refractivity contribution is 7.99. The molecule has 4 rings (SSSR count). The monoisotopic (exact) mass is 502 g/mol. The summed E-state index contributed by atoms with van der Waals surface area (Å²) in [5.41, 5.74) is 3.76. The number of hydrogen-bond donors (Lipinski definition) is 2. The maximum Gasteiger partial charge on any atom is 0.262 e. The predicted octanol–water partition coefficient (Wildman–Crippen LogP) is 6.82. The van der Waals surface area contributed by atoms with Crippen LogP contribution in [0.3, 0.4) is 0 Å². The van der Waals surface area contributed by atoms with Crippen LogP contribution < -0.4 is 10.0 Å². The van der Waals surface area contributed by atoms with Gasteiger partial charge in [-0.1, -0.05) is 60.3 Å². The van der Waals surface area contributed by atoms with E-state index in [9.17, 15) is 13.2 Å². The van der Waals surface area contributed by atoms with E-state index >= 15 is 0 Å². The Kier molecular flexibility index (Phi) is 7.28. The normalized spacial score (nSPS) is 11.2. The molecule has 0 heterocycles. The SMILES string of the molecule is Cc1ccc(C)c(NS(=O)(=O)c2cc(C(=O)Nc3ccccc3Sc3ccccc3)ccc2C)c1. The zero-order valence-corrected chi connectivity index (χ0v) is 21.3. The van der Waals surface area contributed by atoms with Crippen molar-refractivity contribution in [1.82, 2.24) is 0 Å². The van der Waals surface area contributed by atoms with Gasteiger partial charge in [-0.25, -0.2) is 8.42 Å². The number of carbonyl (C=O) groups excluding carboxylic acids is 1. The van der Waals surface area contributed by atoms with Crippen LogP contribution in [0.5, 0.6) is 0 Å². The number of aryl methyl sites for hydroxylation is 3. The third-order valence-electron chi connectivity index (χ3n) is 5.48. The van der Waals surface area contributed by atoms with Crippen LogP contribution in [-0.2, 0) is 10.0 Å². The second kappa shape index (κ2) is 10.4. The van der Waals surface area contributed by atoms with E-state index in [1.807, 2.05) is 80.6 Å². The van der Waals surface area contributed by atoms with Gasteiger partial charge in [-0.3, -0.25) is 9.52 Å². The van der Waals surface area contributed by atoms with Crippen LogP contribution in [0.15, 0.2) is 106 Å². The first kappa shape index (κ1) is 24.6. The van der Waals surface area contributed by atoms with E-state index in [0.717, 1.165) is 20.9 Å². The van der Waals surface area contributed by atoms with E-state index in [-0.39, 0.29) is 16.4 Å². The van der Waals surface area contributed by atoms with Gasteiger partial charge in [-0.05, 0) is 79.9 Å². The summed E-state index contributed by atoms with van der Waals surface area (Å²) in [6.45, 7) is 5.46. The van der Waals surface area contributed by atoms with Gasteiger partial charge in [-0.2, -0.15) is 0 Å². The number of carbonyl (C=O) groups is 1. The molecule has 4 aromatic rings. The smallest absolute Gasteiger partial charge is 0.262 e. The topological polar surface area (TPSA) is 75.3 Å². The molecular formula is C28H26N2O3S2. The summed E-state index contributed by atoms with van der Waals surface area (Å²) >= 11 is 1.54. The lowest BCUT2D eigenvalue weighted by atomic mass is 10.1. The van der Waals surface area contributed by atoms with E-state index in [1.165, 1.54) is 6.07 Å². The first-order valence-corrected chi connectivity index (χ1v) is 13.4. The second-order valence-electron chi connectivity index (χ2n) is 8.27. The van der Waals surface area contributed by atoms with Crippen molar-refractivity contribution in [2.24, 2.45) is 0 Å². The van der Waals surface area contributed by atoms with Gasteiger partial charge in [0.25, 0.3) is 15.9 Å². The molecule has 0 aliphatic carbocycles. The standard InChI is InChI=1S/C28H26N2O3S2/c1-19-13-14-20(2)25(17-19)30-35(32,33)27-18-22(16-15-21(27)3)28(31)29-24-11-7-8-12-26(24)34-23-9-5-4-6-10-23/h4-18,30H,1-3H3,(H,29,31). The molecule has 0 bridgehead atoms. The molecule has 178 valence electrons. The third kappa shape index (κ3) is 5.93. The Hall–Kier alpha value is -3.55. The summed E-state index contributed by atoms with van der Waals surface area (Å²) in [7, 11) is -3.90. The lowest BCUT2D eigenvalue weighted by molar-refractivity contribution is 0.102. The fourth-order valence-electron chi connectivity index (χ4n) is 3.55. The van der Waals surface area contributed by atoms with Crippen LogP contribution in [0.1, 0.15) is 27.0 Å². The summed E-state index contributed by atoms with van der Waals surface area (Å²) in [6, 6.07) is 27.7. The maximum atomic E-state index is 13.2. The quantitative estimate of drug-likeness (QED) is 0.291. The Morgan fingerprint density at radius 2 is 1.43 bits per heavy atom. The van der Waals surface area contributed by atoms with Crippen molar-refractivity contribution in [3.63, 3.8) is 0 Å². The number of rotatable bonds is 7. The van der Waals surface area contributed by atoms with E-state index in [1.54, 1.807) is 36.9 Å². The Morgan fingerprint density at radius 1 is 0.743 bits per heavy atom. The maximum absolute atomic E-state index is 13.2. The van der Waals surface area contributed by atoms with Gasteiger partial charge in [0, 0.05) is 15.4 Å². The molecule has 2 N–H and O–H groups in total. The summed E-state index contributed by atoms with van der Waals surface area (Å²) in [4.78, 5) is 15.1. The Bertz CT molecular complexity index is 1480. The molecular weight excluding hydrogens is 476 g/mol. The number of nitrogens with one attached hydrogen (secondary N) is 2. The van der Waals surface area contributed by atoms with E-state index in [2.05, 4.69) is 10.0 Å². The summed E-state index contributed by atoms with van der Waals surface area (Å²) < 4.78 is 29.1. The predicted molar refractivity (Wildman–Crippen MR) is 143 cm³/mol. The van der Waals surface area contributed by atoms with Crippen LogP contribution in [0, 0.1) is 20.8 Å². The second-order valence-corrected chi connectivity index (χ2v) is 11.0. The minimum absolute atomic E-state index is 0.0676. The van der Waals surface area contributed by atoms with Gasteiger partial charge in [0.15, 0.2) is 0 Å². The fraction of sp³-hybridized carbons (Fsp3) is 0.107. The van der Waals surface area contributed by atoms with E-state index in [4.69, 9.17) is 0 Å². The van der Waals surface area contributed by atoms with Gasteiger partial charge in [0.1, 0.15) is 0 Å². The van der Waals surface area contributed by atoms with Crippen molar-refractivity contribution >= 4 is 39.1 Å². The number of hydrogen-bond acceptors (Lipinski definition) is 4. The average Bonchev–Trinajstić information content (AvgIpc) is 2.83. The van der Waals surface area contributed by atoms with Crippen molar-refractivity contribution in [2.45, 2.75) is 35.5 Å². The molecule has 35 heavy (non-hydrogen) atoms. The molecule has 0 aliphatic heterocycles. The zero-order chi connectivity index (χ0) is 25.0. The molecule has 0 saturated heterocycles. The van der Waals surface area contributed by atoms with E-state index in [0.29, 0.717) is 16.9 Å². The molecule has 0 fully saturated rings. The summed E-state index contributed by atoms with van der Waals surface area (Å²) in [5.74, 6) is -0.380. The Morgan fingerprint density at radius 3 is 2.20 bits per heavy atom. The number of para-hydroxylation sites is 1. The number of benzene rings is 4. The molecule has 0 aromatic heterocycles. The van der Waals surface area contributed by atoms with Crippen LogP contribution in [0.25, 0.3) is 0 Å². The number of amides is 1. The average molecular weight is 503 g/mol. The van der Waals surface area contributed by atoms with Crippen molar-refractivity contribution in [3.8, 4) is 0 Å². The van der Waals surface area contributed by atoms with E-state index < -0.39 is 10.0 Å². The Labute approximate surface area is 210 Å². The minimum Gasteiger partial charge on any atom is -0.321 e. The van der Waals surface area contributed by atoms with Gasteiger partial charge in [0.05, 0.1) is 16.3 Å². The van der Waals surface area contributed by atoms with Crippen LogP contribution in [0.2, 0.25) is 0 Å². The zero-order valence-electron chi connectivity index (χ0n) is 19.7. The first-order valence-electron chi connectivity index (χ1n) is 11.1. The first-order chi connectivity index (χ1) is 16.7. The molecule has 0 radical (unpaired) electrons. The lowest BCUT2D eigenvalue weighted by Gasteiger charge is -2.15. The molecule has 0 spiro atoms. The summed E-state index contributed by atoms with van der Waals surface area (Å²) in [5, 5.41) is 2.94. The van der Waals surface area contributed by atoms with Crippen molar-refractivity contribution < 1.29 is 13.2 Å². The lowest BCUT2D eigenvalue weighted by Crippen LogP contribution is -2.18. The van der Waals surface area contributed by atoms with Crippen LogP contribution in [-0.4, -0.2) is 14.3 Å². The molecule has 1 amide bonds. The minimum atomic E-state index is -3.90. The van der Waals surface area contributed by atoms with Crippen molar-refractivity contribution in [1.29, 1.82) is 0 Å². The number of sulfonamides is 1. The molecule has 0 aliphatic rings. The van der Waals surface area contributed by atoms with Gasteiger partial charge in [-0.15, -0.1) is 0 Å².